The molecule has 0 aliphatic heterocycles. The fourth-order valence-electron chi connectivity index (χ4n) is 3.75. The van der Waals surface area contributed by atoms with Crippen LogP contribution < -0.4 is 12.4 Å². The Morgan fingerprint density at radius 3 is 1.11 bits per heavy atom. The van der Waals surface area contributed by atoms with E-state index in [2.05, 4.69) is 0 Å². The van der Waals surface area contributed by atoms with Crippen molar-refractivity contribution in [3.63, 3.8) is 0 Å². The molecule has 192 valence electrons. The predicted octanol–water partition coefficient (Wildman–Crippen LogP) is 0.787. The molecule has 0 bridgehead atoms. The topological polar surface area (TPSA) is 193 Å². The molecule has 0 spiro atoms. The summed E-state index contributed by atoms with van der Waals surface area (Å²) < 4.78 is 4.83. The lowest BCUT2D eigenvalue weighted by molar-refractivity contribution is -0.000101. The predicted molar refractivity (Wildman–Crippen MR) is 125 cm³/mol. The van der Waals surface area contributed by atoms with Crippen LogP contribution in [-0.4, -0.2) is 56.2 Å². The summed E-state index contributed by atoms with van der Waals surface area (Å²) >= 11 is 0. The second-order valence-corrected chi connectivity index (χ2v) is 7.82. The molecule has 0 aliphatic carbocycles. The third-order valence-electron chi connectivity index (χ3n) is 5.53. The highest BCUT2D eigenvalue weighted by molar-refractivity contribution is 6.14. The number of hydrogen-bond donors (Lipinski definition) is 4. The van der Waals surface area contributed by atoms with Gasteiger partial charge in [-0.3, -0.25) is 0 Å². The summed E-state index contributed by atoms with van der Waals surface area (Å²) in [4.78, 5) is 71.6. The number of aromatic carboxylic acids is 4. The number of hydrogen-bond acceptors (Lipinski definition) is 7. The van der Waals surface area contributed by atoms with Gasteiger partial charge in [0.15, 0.2) is 0 Å². The molecule has 11 nitrogen and oxygen atoms in total. The number of esters is 2. The first-order chi connectivity index (χ1) is 17.5. The molecule has 4 rings (SSSR count). The Balaban J connectivity index is 0.00000400. The molecule has 0 saturated carbocycles. The van der Waals surface area contributed by atoms with Crippen LogP contribution in [-0.2, 0) is 4.74 Å². The molecule has 4 N–H and O–H groups in total. The van der Waals surface area contributed by atoms with Gasteiger partial charge in [0.05, 0.1) is 33.4 Å². The smallest absolute Gasteiger partial charge is 0.346 e. The summed E-state index contributed by atoms with van der Waals surface area (Å²) in [5.74, 6) is -8.32. The molecule has 0 heterocycles. The van der Waals surface area contributed by atoms with Crippen molar-refractivity contribution in [2.24, 2.45) is 0 Å². The zero-order chi connectivity index (χ0) is 27.0. The summed E-state index contributed by atoms with van der Waals surface area (Å²) in [5.41, 5.74) is -2.37. The first-order valence-corrected chi connectivity index (χ1v) is 10.3. The van der Waals surface area contributed by atoms with E-state index in [9.17, 15) is 39.0 Å². The van der Waals surface area contributed by atoms with Gasteiger partial charge in [-0.2, -0.15) is 0 Å². The number of carbonyl (C=O) groups is 6. The van der Waals surface area contributed by atoms with Crippen LogP contribution in [0.15, 0.2) is 60.7 Å². The minimum Gasteiger partial charge on any atom is -1.00 e. The standard InChI is InChI=1S/C26H14O11.ClH/c27-21(28)13-3-1-11-7-19(17(23(31)32)9-15(11)5-13)25(35)37-26(36)20-8-12-2-4-14(22(29)30)6-16(12)10-18(20)24(33)34;/h1-10H,(H,27,28)(H,29,30)(H,31,32)(H,33,34);1H/p-1. The number of fused-ring (bicyclic) bond motifs is 2. The van der Waals surface area contributed by atoms with E-state index in [1.165, 1.54) is 36.4 Å². The van der Waals surface area contributed by atoms with Gasteiger partial charge in [-0.05, 0) is 70.1 Å². The maximum Gasteiger partial charge on any atom is 0.346 e. The summed E-state index contributed by atoms with van der Waals surface area (Å²) in [6.45, 7) is 0. The number of halogens is 1. The largest absolute Gasteiger partial charge is 1.00 e. The van der Waals surface area contributed by atoms with E-state index in [0.29, 0.717) is 10.8 Å². The zero-order valence-corrected chi connectivity index (χ0v) is 19.6. The third-order valence-corrected chi connectivity index (χ3v) is 5.53. The van der Waals surface area contributed by atoms with Gasteiger partial charge in [0.1, 0.15) is 0 Å². The van der Waals surface area contributed by atoms with E-state index in [4.69, 9.17) is 14.9 Å². The van der Waals surface area contributed by atoms with Crippen molar-refractivity contribution in [1.82, 2.24) is 0 Å². The molecule has 0 aliphatic rings. The minimum absolute atomic E-state index is 0. The first-order valence-electron chi connectivity index (χ1n) is 10.3. The second kappa shape index (κ2) is 10.4. The minimum atomic E-state index is -1.55. The van der Waals surface area contributed by atoms with Crippen LogP contribution in [0.1, 0.15) is 62.1 Å². The normalized spacial score (nSPS) is 10.4. The maximum atomic E-state index is 12.8. The first kappa shape index (κ1) is 27.3. The van der Waals surface area contributed by atoms with Crippen LogP contribution >= 0.6 is 0 Å². The molecule has 4 aromatic carbocycles. The fourth-order valence-corrected chi connectivity index (χ4v) is 3.75. The second-order valence-electron chi connectivity index (χ2n) is 7.82. The van der Waals surface area contributed by atoms with Gasteiger partial charge in [0.25, 0.3) is 0 Å². The molecule has 38 heavy (non-hydrogen) atoms. The highest BCUT2D eigenvalue weighted by Gasteiger charge is 2.26. The Kier molecular flexibility index (Phi) is 7.45. The van der Waals surface area contributed by atoms with Gasteiger partial charge in [-0.15, -0.1) is 0 Å². The van der Waals surface area contributed by atoms with Gasteiger partial charge in [0.2, 0.25) is 0 Å². The third kappa shape index (κ3) is 5.13. The Labute approximate surface area is 217 Å². The molecule has 0 radical (unpaired) electrons. The number of carboxylic acids is 4. The number of benzene rings is 4. The van der Waals surface area contributed by atoms with Crippen LogP contribution in [0.3, 0.4) is 0 Å². The molecule has 0 fully saturated rings. The van der Waals surface area contributed by atoms with Crippen molar-refractivity contribution in [2.45, 2.75) is 0 Å². The molecule has 0 unspecified atom stereocenters. The lowest BCUT2D eigenvalue weighted by atomic mass is 9.98. The van der Waals surface area contributed by atoms with Gasteiger partial charge in [-0.25, -0.2) is 28.8 Å². The molecule has 0 atom stereocenters. The van der Waals surface area contributed by atoms with Crippen LogP contribution in [0.25, 0.3) is 21.5 Å². The number of carbonyl (C=O) groups excluding carboxylic acids is 2. The monoisotopic (exact) mass is 537 g/mol. The molecular weight excluding hydrogens is 524 g/mol. The van der Waals surface area contributed by atoms with E-state index in [-0.39, 0.29) is 34.3 Å². The van der Waals surface area contributed by atoms with Crippen molar-refractivity contribution in [2.75, 3.05) is 0 Å². The average Bonchev–Trinajstić information content (AvgIpc) is 2.85. The number of ether oxygens (including phenoxy) is 1. The van der Waals surface area contributed by atoms with Crippen molar-refractivity contribution in [1.29, 1.82) is 0 Å². The molecule has 12 heteroatoms. The Hall–Kier alpha value is -5.29. The van der Waals surface area contributed by atoms with E-state index in [1.54, 1.807) is 0 Å². The molecule has 0 aromatic heterocycles. The van der Waals surface area contributed by atoms with E-state index >= 15 is 0 Å². The maximum absolute atomic E-state index is 12.8. The van der Waals surface area contributed by atoms with Crippen molar-refractivity contribution in [3.8, 4) is 0 Å². The molecule has 0 saturated heterocycles. The van der Waals surface area contributed by atoms with Crippen molar-refractivity contribution < 1.29 is 66.3 Å². The molecular formula is C26H14ClO11-. The van der Waals surface area contributed by atoms with Crippen molar-refractivity contribution >= 4 is 57.4 Å². The Bertz CT molecular complexity index is 1580. The van der Waals surface area contributed by atoms with E-state index in [1.807, 2.05) is 0 Å². The quantitative estimate of drug-likeness (QED) is 0.201. The van der Waals surface area contributed by atoms with Crippen LogP contribution in [0.4, 0.5) is 0 Å². The van der Waals surface area contributed by atoms with Crippen LogP contribution in [0.5, 0.6) is 0 Å². The van der Waals surface area contributed by atoms with Gasteiger partial charge < -0.3 is 37.6 Å². The molecule has 0 amide bonds. The average molecular weight is 538 g/mol. The highest BCUT2D eigenvalue weighted by Crippen LogP contribution is 2.26. The highest BCUT2D eigenvalue weighted by atomic mass is 35.5. The Morgan fingerprint density at radius 2 is 0.789 bits per heavy atom. The number of carboxylic acid groups (broad SMARTS) is 4. The van der Waals surface area contributed by atoms with Gasteiger partial charge in [0, 0.05) is 0 Å². The lowest BCUT2D eigenvalue weighted by Crippen LogP contribution is -3.00. The zero-order valence-electron chi connectivity index (χ0n) is 18.8. The molecule has 4 aromatic rings. The SMILES string of the molecule is O=C(O)c1ccc2cc(C(=O)OC(=O)c3cc4ccc(C(=O)O)cc4cc3C(=O)O)c(C(=O)O)cc2c1.[Cl-]. The summed E-state index contributed by atoms with van der Waals surface area (Å²) in [6.07, 6.45) is 0. The van der Waals surface area contributed by atoms with E-state index in [0.717, 1.165) is 24.3 Å². The summed E-state index contributed by atoms with van der Waals surface area (Å²) in [7, 11) is 0. The van der Waals surface area contributed by atoms with Crippen LogP contribution in [0, 0.1) is 0 Å². The Morgan fingerprint density at radius 1 is 0.447 bits per heavy atom. The van der Waals surface area contributed by atoms with E-state index < -0.39 is 58.1 Å². The van der Waals surface area contributed by atoms with Gasteiger partial charge in [-0.1, -0.05) is 12.1 Å². The fraction of sp³-hybridized carbons (Fsp3) is 0. The lowest BCUT2D eigenvalue weighted by Gasteiger charge is -2.11. The summed E-state index contributed by atoms with van der Waals surface area (Å²) in [5, 5.41) is 38.4. The summed E-state index contributed by atoms with van der Waals surface area (Å²) in [6, 6.07) is 12.0. The number of rotatable bonds is 6. The van der Waals surface area contributed by atoms with Gasteiger partial charge >= 0.3 is 35.8 Å². The van der Waals surface area contributed by atoms with Crippen LogP contribution in [0.2, 0.25) is 0 Å². The van der Waals surface area contributed by atoms with Crippen molar-refractivity contribution in [3.05, 3.63) is 94.0 Å².